The van der Waals surface area contributed by atoms with Gasteiger partial charge < -0.3 is 10.2 Å². The van der Waals surface area contributed by atoms with E-state index in [1.807, 2.05) is 23.2 Å². The van der Waals surface area contributed by atoms with Crippen molar-refractivity contribution in [2.75, 3.05) is 31.2 Å². The first-order valence-corrected chi connectivity index (χ1v) is 16.4. The molecule has 2 aliphatic rings. The zero-order valence-corrected chi connectivity index (χ0v) is 25.1. The number of pyridine rings is 1. The highest BCUT2D eigenvalue weighted by molar-refractivity contribution is 7.99. The second kappa shape index (κ2) is 11.9. The lowest BCUT2D eigenvalue weighted by atomic mass is 9.88. The molecular weight excluding hydrogens is 565 g/mol. The van der Waals surface area contributed by atoms with Crippen molar-refractivity contribution in [1.82, 2.24) is 34.4 Å². The molecular formula is C31H32N8OS2. The van der Waals surface area contributed by atoms with Crippen molar-refractivity contribution in [3.8, 4) is 16.3 Å². The minimum absolute atomic E-state index is 0.213. The number of fused-ring (bicyclic) bond motifs is 1. The van der Waals surface area contributed by atoms with Gasteiger partial charge in [-0.05, 0) is 43.7 Å². The number of aromatic nitrogens is 6. The molecule has 4 aromatic heterocycles. The minimum atomic E-state index is -0.213. The maximum atomic E-state index is 13.9. The van der Waals surface area contributed by atoms with Crippen LogP contribution in [0.2, 0.25) is 0 Å². The number of thioether (sulfide) groups is 1. The summed E-state index contributed by atoms with van der Waals surface area (Å²) < 4.78 is 1.57. The first-order chi connectivity index (χ1) is 20.6. The summed E-state index contributed by atoms with van der Waals surface area (Å²) in [5.41, 5.74) is 3.67. The van der Waals surface area contributed by atoms with E-state index in [0.717, 1.165) is 48.6 Å². The molecule has 1 saturated carbocycles. The first kappa shape index (κ1) is 27.2. The molecule has 214 valence electrons. The number of likely N-dealkylation sites (N-methyl/N-ethyl adjacent to an activating group) is 1. The molecule has 42 heavy (non-hydrogen) atoms. The van der Waals surface area contributed by atoms with Gasteiger partial charge in [0.2, 0.25) is 5.95 Å². The van der Waals surface area contributed by atoms with Gasteiger partial charge in [0.05, 0.1) is 5.56 Å². The predicted molar refractivity (Wildman–Crippen MR) is 170 cm³/mol. The molecule has 1 unspecified atom stereocenters. The molecule has 5 aromatic rings. The first-order valence-electron chi connectivity index (χ1n) is 14.4. The Kier molecular flexibility index (Phi) is 7.70. The van der Waals surface area contributed by atoms with Crippen LogP contribution in [-0.4, -0.2) is 60.3 Å². The van der Waals surface area contributed by atoms with Gasteiger partial charge in [-0.3, -0.25) is 4.79 Å². The summed E-state index contributed by atoms with van der Waals surface area (Å²) in [6.07, 6.45) is 13.0. The third-order valence-electron chi connectivity index (χ3n) is 8.11. The van der Waals surface area contributed by atoms with Gasteiger partial charge in [0, 0.05) is 76.8 Å². The van der Waals surface area contributed by atoms with Crippen LogP contribution in [-0.2, 0) is 0 Å². The average molecular weight is 597 g/mol. The number of rotatable bonds is 6. The third kappa shape index (κ3) is 5.56. The molecule has 0 bridgehead atoms. The van der Waals surface area contributed by atoms with Gasteiger partial charge in [0.15, 0.2) is 10.8 Å². The number of hydrogen-bond donors (Lipinski definition) is 1. The molecule has 2 fully saturated rings. The van der Waals surface area contributed by atoms with E-state index >= 15 is 0 Å². The standard InChI is InChI=1S/C31H32N8OS2/c1-38-12-14-41-26(19-38)20-7-9-24(10-8-20)36-30-35-16-22-15-25(29(40)39(28(22)37-30)31-32-11-13-42-31)23-17-33-27(34-18-23)21-5-3-2-4-6-21/h7-11,13,15-18,21,26H,2-6,12,14,19H2,1H3,(H,35,36,37). The zero-order valence-electron chi connectivity index (χ0n) is 23.4. The molecule has 5 heterocycles. The molecule has 1 aliphatic carbocycles. The number of benzene rings is 1. The molecule has 1 atom stereocenters. The van der Waals surface area contributed by atoms with Crippen molar-refractivity contribution >= 4 is 45.8 Å². The highest BCUT2D eigenvalue weighted by Crippen LogP contribution is 2.34. The van der Waals surface area contributed by atoms with Crippen molar-refractivity contribution in [1.29, 1.82) is 0 Å². The lowest BCUT2D eigenvalue weighted by Gasteiger charge is -2.29. The van der Waals surface area contributed by atoms with Gasteiger partial charge >= 0.3 is 0 Å². The maximum Gasteiger partial charge on any atom is 0.266 e. The Labute approximate surface area is 252 Å². The lowest BCUT2D eigenvalue weighted by molar-refractivity contribution is 0.347. The van der Waals surface area contributed by atoms with Gasteiger partial charge in [-0.2, -0.15) is 16.7 Å². The lowest BCUT2D eigenvalue weighted by Crippen LogP contribution is -2.30. The fourth-order valence-corrected chi connectivity index (χ4v) is 7.86. The highest BCUT2D eigenvalue weighted by Gasteiger charge is 2.21. The summed E-state index contributed by atoms with van der Waals surface area (Å²) in [5, 5.41) is 6.93. The molecule has 1 N–H and O–H groups in total. The molecule has 1 aromatic carbocycles. The molecule has 9 nitrogen and oxygen atoms in total. The molecule has 0 amide bonds. The Hall–Kier alpha value is -3.67. The van der Waals surface area contributed by atoms with Crippen LogP contribution in [0.4, 0.5) is 11.6 Å². The van der Waals surface area contributed by atoms with E-state index in [4.69, 9.17) is 4.98 Å². The summed E-state index contributed by atoms with van der Waals surface area (Å²) in [6.45, 7) is 2.19. The summed E-state index contributed by atoms with van der Waals surface area (Å²) in [4.78, 5) is 39.5. The van der Waals surface area contributed by atoms with Crippen molar-refractivity contribution < 1.29 is 0 Å². The van der Waals surface area contributed by atoms with E-state index in [-0.39, 0.29) is 5.56 Å². The Morgan fingerprint density at radius 2 is 1.79 bits per heavy atom. The van der Waals surface area contributed by atoms with E-state index in [1.165, 1.54) is 36.2 Å². The van der Waals surface area contributed by atoms with E-state index in [1.54, 1.807) is 29.4 Å². The summed E-state index contributed by atoms with van der Waals surface area (Å²) in [6, 6.07) is 10.3. The summed E-state index contributed by atoms with van der Waals surface area (Å²) in [5.74, 6) is 2.84. The van der Waals surface area contributed by atoms with Gasteiger partial charge in [-0.1, -0.05) is 31.4 Å². The van der Waals surface area contributed by atoms with Crippen molar-refractivity contribution in [2.24, 2.45) is 0 Å². The highest BCUT2D eigenvalue weighted by atomic mass is 32.2. The van der Waals surface area contributed by atoms with Crippen molar-refractivity contribution in [3.63, 3.8) is 0 Å². The smallest absolute Gasteiger partial charge is 0.266 e. The van der Waals surface area contributed by atoms with Crippen LogP contribution in [0.5, 0.6) is 0 Å². The molecule has 1 saturated heterocycles. The van der Waals surface area contributed by atoms with Crippen LogP contribution in [0, 0.1) is 0 Å². The van der Waals surface area contributed by atoms with Crippen molar-refractivity contribution in [3.05, 3.63) is 82.2 Å². The average Bonchev–Trinajstić information content (AvgIpc) is 3.56. The fraction of sp³-hybridized carbons (Fsp3) is 0.355. The molecule has 0 radical (unpaired) electrons. The Bertz CT molecular complexity index is 1730. The van der Waals surface area contributed by atoms with Crippen LogP contribution in [0.25, 0.3) is 27.3 Å². The van der Waals surface area contributed by atoms with Crippen LogP contribution >= 0.6 is 23.1 Å². The van der Waals surface area contributed by atoms with Crippen LogP contribution in [0.3, 0.4) is 0 Å². The second-order valence-corrected chi connectivity index (χ2v) is 13.2. The SMILES string of the molecule is CN1CCSC(c2ccc(Nc3ncc4cc(-c5cnc(C6CCCCC6)nc5)c(=O)n(-c5nccs5)c4n3)cc2)C1. The summed E-state index contributed by atoms with van der Waals surface area (Å²) in [7, 11) is 2.18. The number of nitrogens with one attached hydrogen (secondary N) is 1. The van der Waals surface area contributed by atoms with Crippen LogP contribution < -0.4 is 10.9 Å². The Balaban J connectivity index is 1.21. The minimum Gasteiger partial charge on any atom is -0.324 e. The predicted octanol–water partition coefficient (Wildman–Crippen LogP) is 6.21. The normalized spacial score (nSPS) is 18.4. The number of hydrogen-bond acceptors (Lipinski definition) is 10. The number of nitrogens with zero attached hydrogens (tertiary/aromatic N) is 7. The van der Waals surface area contributed by atoms with Crippen molar-refractivity contribution in [2.45, 2.75) is 43.3 Å². The largest absolute Gasteiger partial charge is 0.324 e. The number of anilines is 2. The Morgan fingerprint density at radius 3 is 2.52 bits per heavy atom. The molecule has 11 heteroatoms. The second-order valence-electron chi connectivity index (χ2n) is 11.0. The fourth-order valence-electron chi connectivity index (χ4n) is 5.81. The van der Waals surface area contributed by atoms with Crippen LogP contribution in [0.15, 0.2) is 65.3 Å². The topological polar surface area (TPSA) is 102 Å². The number of thiazole rings is 1. The van der Waals surface area contributed by atoms with E-state index in [9.17, 15) is 4.79 Å². The zero-order chi connectivity index (χ0) is 28.5. The van der Waals surface area contributed by atoms with Gasteiger partial charge in [-0.15, -0.1) is 11.3 Å². The molecule has 0 spiro atoms. The maximum absolute atomic E-state index is 13.9. The van der Waals surface area contributed by atoms with Gasteiger partial charge in [-0.25, -0.2) is 24.5 Å². The van der Waals surface area contributed by atoms with E-state index in [0.29, 0.717) is 39.0 Å². The monoisotopic (exact) mass is 596 g/mol. The molecule has 7 rings (SSSR count). The quantitative estimate of drug-likeness (QED) is 0.245. The molecule has 1 aliphatic heterocycles. The van der Waals surface area contributed by atoms with E-state index in [2.05, 4.69) is 61.5 Å². The third-order valence-corrected chi connectivity index (χ3v) is 10.1. The summed E-state index contributed by atoms with van der Waals surface area (Å²) >= 11 is 3.40. The Morgan fingerprint density at radius 1 is 0.976 bits per heavy atom. The van der Waals surface area contributed by atoms with Gasteiger partial charge in [0.1, 0.15) is 5.82 Å². The van der Waals surface area contributed by atoms with Gasteiger partial charge in [0.25, 0.3) is 5.56 Å². The van der Waals surface area contributed by atoms with Crippen LogP contribution in [0.1, 0.15) is 54.7 Å². The van der Waals surface area contributed by atoms with E-state index < -0.39 is 0 Å².